The molecule has 0 radical (unpaired) electrons. The fourth-order valence-electron chi connectivity index (χ4n) is 1.10. The van der Waals surface area contributed by atoms with E-state index < -0.39 is 30.0 Å². The molecule has 0 saturated heterocycles. The summed E-state index contributed by atoms with van der Waals surface area (Å²) in [7, 11) is 0. The predicted octanol–water partition coefficient (Wildman–Crippen LogP) is 0.672. The Morgan fingerprint density at radius 1 is 1.36 bits per heavy atom. The van der Waals surface area contributed by atoms with Gasteiger partial charge in [-0.25, -0.2) is 0 Å². The van der Waals surface area contributed by atoms with Gasteiger partial charge in [0.15, 0.2) is 0 Å². The molecule has 0 unspecified atom stereocenters. The largest absolute Gasteiger partial charge is 0.481 e. The van der Waals surface area contributed by atoms with Crippen LogP contribution in [0.2, 0.25) is 0 Å². The highest BCUT2D eigenvalue weighted by molar-refractivity contribution is 5.83. The predicted molar refractivity (Wildman–Crippen MR) is 38.4 cm³/mol. The Kier molecular flexibility index (Phi) is 2.43. The van der Waals surface area contributed by atoms with Crippen LogP contribution in [0.1, 0.15) is 19.3 Å². The van der Waals surface area contributed by atoms with Crippen LogP contribution in [0.3, 0.4) is 0 Å². The molecular weight excluding hydrogens is 203 g/mol. The van der Waals surface area contributed by atoms with Crippen LogP contribution in [-0.2, 0) is 9.59 Å². The van der Waals surface area contributed by atoms with Crippen molar-refractivity contribution in [3.8, 4) is 0 Å². The molecule has 7 heteroatoms. The van der Waals surface area contributed by atoms with E-state index in [4.69, 9.17) is 5.11 Å². The summed E-state index contributed by atoms with van der Waals surface area (Å²) in [5.41, 5.74) is -1.17. The molecule has 0 aromatic rings. The zero-order valence-electron chi connectivity index (χ0n) is 7.02. The topological polar surface area (TPSA) is 66.4 Å². The van der Waals surface area contributed by atoms with Crippen molar-refractivity contribution < 1.29 is 27.9 Å². The van der Waals surface area contributed by atoms with Gasteiger partial charge >= 0.3 is 18.1 Å². The first-order valence-electron chi connectivity index (χ1n) is 3.86. The highest BCUT2D eigenvalue weighted by Gasteiger charge is 2.50. The molecule has 1 aliphatic rings. The molecule has 0 spiro atoms. The third-order valence-corrected chi connectivity index (χ3v) is 1.98. The molecule has 0 atom stereocenters. The molecule has 1 aliphatic carbocycles. The molecule has 0 aromatic carbocycles. The number of carboxylic acid groups (broad SMARTS) is 1. The summed E-state index contributed by atoms with van der Waals surface area (Å²) in [6.45, 7) is 0. The first kappa shape index (κ1) is 10.8. The molecule has 0 bridgehead atoms. The van der Waals surface area contributed by atoms with Crippen molar-refractivity contribution in [1.29, 1.82) is 0 Å². The van der Waals surface area contributed by atoms with Gasteiger partial charge in [0.25, 0.3) is 0 Å². The van der Waals surface area contributed by atoms with Crippen LogP contribution >= 0.6 is 0 Å². The van der Waals surface area contributed by atoms with E-state index in [0.717, 1.165) is 0 Å². The molecule has 0 aromatic heterocycles. The van der Waals surface area contributed by atoms with E-state index in [-0.39, 0.29) is 12.8 Å². The highest BCUT2D eigenvalue weighted by Crippen LogP contribution is 2.39. The van der Waals surface area contributed by atoms with Gasteiger partial charge in [0.05, 0.1) is 12.0 Å². The SMILES string of the molecule is O=C(O)CC1(NC(=O)C(F)(F)F)CC1. The minimum atomic E-state index is -4.95. The maximum Gasteiger partial charge on any atom is 0.471 e. The van der Waals surface area contributed by atoms with Gasteiger partial charge in [-0.3, -0.25) is 9.59 Å². The Balaban J connectivity index is 2.52. The molecule has 1 saturated carbocycles. The van der Waals surface area contributed by atoms with Crippen molar-refractivity contribution >= 4 is 11.9 Å². The lowest BCUT2D eigenvalue weighted by molar-refractivity contribution is -0.174. The van der Waals surface area contributed by atoms with Gasteiger partial charge in [-0.2, -0.15) is 13.2 Å². The van der Waals surface area contributed by atoms with Gasteiger partial charge in [-0.15, -0.1) is 0 Å². The molecule has 1 amide bonds. The van der Waals surface area contributed by atoms with Crippen LogP contribution in [-0.4, -0.2) is 28.7 Å². The van der Waals surface area contributed by atoms with E-state index in [1.807, 2.05) is 0 Å². The van der Waals surface area contributed by atoms with Crippen LogP contribution in [0.25, 0.3) is 0 Å². The lowest BCUT2D eigenvalue weighted by Crippen LogP contribution is -2.45. The summed E-state index contributed by atoms with van der Waals surface area (Å²) in [5, 5.41) is 10.1. The van der Waals surface area contributed by atoms with Crippen LogP contribution in [0.15, 0.2) is 0 Å². The minimum absolute atomic E-state index is 0.279. The first-order valence-corrected chi connectivity index (χ1v) is 3.86. The van der Waals surface area contributed by atoms with E-state index in [9.17, 15) is 22.8 Å². The van der Waals surface area contributed by atoms with Crippen molar-refractivity contribution in [1.82, 2.24) is 5.32 Å². The Labute approximate surface area is 77.1 Å². The third-order valence-electron chi connectivity index (χ3n) is 1.98. The number of nitrogens with one attached hydrogen (secondary N) is 1. The quantitative estimate of drug-likeness (QED) is 0.721. The van der Waals surface area contributed by atoms with E-state index >= 15 is 0 Å². The molecule has 80 valence electrons. The second-order valence-corrected chi connectivity index (χ2v) is 3.30. The van der Waals surface area contributed by atoms with Crippen molar-refractivity contribution in [2.24, 2.45) is 0 Å². The number of alkyl halides is 3. The van der Waals surface area contributed by atoms with E-state index in [2.05, 4.69) is 0 Å². The van der Waals surface area contributed by atoms with Crippen molar-refractivity contribution in [2.45, 2.75) is 31.0 Å². The average Bonchev–Trinajstić information content (AvgIpc) is 2.64. The average molecular weight is 211 g/mol. The van der Waals surface area contributed by atoms with Gasteiger partial charge in [0.2, 0.25) is 0 Å². The fraction of sp³-hybridized carbons (Fsp3) is 0.714. The van der Waals surface area contributed by atoms with Gasteiger partial charge in [0.1, 0.15) is 0 Å². The van der Waals surface area contributed by atoms with Crippen LogP contribution in [0.4, 0.5) is 13.2 Å². The number of carbonyl (C=O) groups excluding carboxylic acids is 1. The second-order valence-electron chi connectivity index (χ2n) is 3.30. The number of hydrogen-bond donors (Lipinski definition) is 2. The summed E-state index contributed by atoms with van der Waals surface area (Å²) >= 11 is 0. The smallest absolute Gasteiger partial charge is 0.471 e. The van der Waals surface area contributed by atoms with Crippen molar-refractivity contribution in [3.05, 3.63) is 0 Å². The summed E-state index contributed by atoms with van der Waals surface area (Å²) in [5.74, 6) is -3.29. The molecule has 4 nitrogen and oxygen atoms in total. The van der Waals surface area contributed by atoms with E-state index in [1.54, 1.807) is 5.32 Å². The number of aliphatic carboxylic acids is 1. The van der Waals surface area contributed by atoms with Crippen LogP contribution in [0, 0.1) is 0 Å². The Bertz CT molecular complexity index is 270. The monoisotopic (exact) mass is 211 g/mol. The number of carboxylic acids is 1. The molecule has 0 aliphatic heterocycles. The number of carbonyl (C=O) groups is 2. The lowest BCUT2D eigenvalue weighted by Gasteiger charge is -2.15. The lowest BCUT2D eigenvalue weighted by atomic mass is 10.2. The van der Waals surface area contributed by atoms with Crippen molar-refractivity contribution in [3.63, 3.8) is 0 Å². The molecular formula is C7H8F3NO3. The van der Waals surface area contributed by atoms with E-state index in [0.29, 0.717) is 0 Å². The summed E-state index contributed by atoms with van der Waals surface area (Å²) in [6, 6.07) is 0. The van der Waals surface area contributed by atoms with E-state index in [1.165, 1.54) is 0 Å². The Morgan fingerprint density at radius 2 is 1.86 bits per heavy atom. The third kappa shape index (κ3) is 2.61. The van der Waals surface area contributed by atoms with Gasteiger partial charge in [0, 0.05) is 0 Å². The van der Waals surface area contributed by atoms with Gasteiger partial charge < -0.3 is 10.4 Å². The van der Waals surface area contributed by atoms with Crippen molar-refractivity contribution in [2.75, 3.05) is 0 Å². The maximum atomic E-state index is 11.8. The maximum absolute atomic E-state index is 11.8. The molecule has 1 fully saturated rings. The number of amides is 1. The van der Waals surface area contributed by atoms with Crippen LogP contribution < -0.4 is 5.32 Å². The fourth-order valence-corrected chi connectivity index (χ4v) is 1.10. The van der Waals surface area contributed by atoms with Crippen LogP contribution in [0.5, 0.6) is 0 Å². The number of hydrogen-bond acceptors (Lipinski definition) is 2. The summed E-state index contributed by atoms with van der Waals surface area (Å²) in [4.78, 5) is 20.7. The second kappa shape index (κ2) is 3.14. The van der Waals surface area contributed by atoms with Gasteiger partial charge in [-0.05, 0) is 12.8 Å². The zero-order valence-corrected chi connectivity index (χ0v) is 7.02. The Morgan fingerprint density at radius 3 is 2.14 bits per heavy atom. The molecule has 1 rings (SSSR count). The summed E-state index contributed by atoms with van der Waals surface area (Å²) < 4.78 is 35.4. The standard InChI is InChI=1S/C7H8F3NO3/c8-7(9,10)5(14)11-6(1-2-6)3-4(12)13/h1-3H2,(H,11,14)(H,12,13). The highest BCUT2D eigenvalue weighted by atomic mass is 19.4. The molecule has 0 heterocycles. The summed E-state index contributed by atoms with van der Waals surface area (Å²) in [6.07, 6.45) is -4.86. The number of rotatable bonds is 3. The first-order chi connectivity index (χ1) is 6.25. The molecule has 14 heavy (non-hydrogen) atoms. The number of halogens is 3. The normalized spacial score (nSPS) is 18.8. The van der Waals surface area contributed by atoms with Gasteiger partial charge in [-0.1, -0.05) is 0 Å². The molecule has 2 N–H and O–H groups in total. The minimum Gasteiger partial charge on any atom is -0.481 e. The zero-order chi connectivity index (χ0) is 11.0. The Hall–Kier alpha value is -1.27.